The van der Waals surface area contributed by atoms with Crippen LogP contribution in [-0.4, -0.2) is 43.2 Å². The van der Waals surface area contributed by atoms with E-state index in [1.54, 1.807) is 19.2 Å². The first-order valence-corrected chi connectivity index (χ1v) is 7.15. The zero-order valence-electron chi connectivity index (χ0n) is 12.5. The van der Waals surface area contributed by atoms with E-state index in [9.17, 15) is 4.79 Å². The molecular formula is C15H23N3O2. The van der Waals surface area contributed by atoms with E-state index >= 15 is 0 Å². The first-order chi connectivity index (χ1) is 9.58. The van der Waals surface area contributed by atoms with Crippen LogP contribution in [0.4, 0.5) is 5.82 Å². The summed E-state index contributed by atoms with van der Waals surface area (Å²) in [5, 5.41) is 3.38. The summed E-state index contributed by atoms with van der Waals surface area (Å²) in [5.74, 6) is 0.615. The van der Waals surface area contributed by atoms with Gasteiger partial charge in [0.1, 0.15) is 5.82 Å². The quantitative estimate of drug-likeness (QED) is 0.851. The van der Waals surface area contributed by atoms with Gasteiger partial charge >= 0.3 is 5.97 Å². The van der Waals surface area contributed by atoms with Crippen LogP contribution in [0, 0.1) is 0 Å². The molecule has 1 N–H and O–H groups in total. The SMILES string of the molecule is CCOC(=O)c1ccc(N2CCC(C)(NC)CC2)nc1. The second-order valence-electron chi connectivity index (χ2n) is 5.42. The van der Waals surface area contributed by atoms with Crippen molar-refractivity contribution in [3.8, 4) is 0 Å². The van der Waals surface area contributed by atoms with Crippen LogP contribution in [0.15, 0.2) is 18.3 Å². The lowest BCUT2D eigenvalue weighted by Crippen LogP contribution is -2.50. The van der Waals surface area contributed by atoms with Gasteiger partial charge in [0.25, 0.3) is 0 Å². The summed E-state index contributed by atoms with van der Waals surface area (Å²) >= 11 is 0. The Morgan fingerprint density at radius 3 is 2.65 bits per heavy atom. The van der Waals surface area contributed by atoms with E-state index in [0.29, 0.717) is 12.2 Å². The van der Waals surface area contributed by atoms with Crippen molar-refractivity contribution >= 4 is 11.8 Å². The van der Waals surface area contributed by atoms with Gasteiger partial charge in [0.15, 0.2) is 0 Å². The van der Waals surface area contributed by atoms with Crippen molar-refractivity contribution in [3.63, 3.8) is 0 Å². The molecule has 0 unspecified atom stereocenters. The fourth-order valence-electron chi connectivity index (χ4n) is 2.39. The average molecular weight is 277 g/mol. The van der Waals surface area contributed by atoms with Crippen molar-refractivity contribution in [2.75, 3.05) is 31.6 Å². The Labute approximate surface area is 120 Å². The molecule has 0 atom stereocenters. The van der Waals surface area contributed by atoms with Crippen LogP contribution in [0.3, 0.4) is 0 Å². The fraction of sp³-hybridized carbons (Fsp3) is 0.600. The number of carbonyl (C=O) groups excluding carboxylic acids is 1. The molecule has 0 saturated carbocycles. The van der Waals surface area contributed by atoms with Crippen molar-refractivity contribution in [1.29, 1.82) is 0 Å². The zero-order chi connectivity index (χ0) is 14.6. The van der Waals surface area contributed by atoms with Crippen molar-refractivity contribution in [2.24, 2.45) is 0 Å². The minimum absolute atomic E-state index is 0.224. The third-order valence-corrected chi connectivity index (χ3v) is 4.05. The Hall–Kier alpha value is -1.62. The second-order valence-corrected chi connectivity index (χ2v) is 5.42. The third kappa shape index (κ3) is 3.28. The number of carbonyl (C=O) groups is 1. The molecule has 1 aliphatic rings. The minimum atomic E-state index is -0.312. The van der Waals surface area contributed by atoms with Crippen LogP contribution < -0.4 is 10.2 Å². The largest absolute Gasteiger partial charge is 0.462 e. The number of nitrogens with one attached hydrogen (secondary N) is 1. The molecule has 0 radical (unpaired) electrons. The number of hydrogen-bond donors (Lipinski definition) is 1. The Bertz CT molecular complexity index is 451. The third-order valence-electron chi connectivity index (χ3n) is 4.05. The Morgan fingerprint density at radius 1 is 1.45 bits per heavy atom. The van der Waals surface area contributed by atoms with Gasteiger partial charge in [-0.1, -0.05) is 0 Å². The normalized spacial score (nSPS) is 17.9. The number of esters is 1. The van der Waals surface area contributed by atoms with Crippen LogP contribution in [0.1, 0.15) is 37.0 Å². The molecule has 0 aromatic carbocycles. The van der Waals surface area contributed by atoms with E-state index < -0.39 is 0 Å². The molecule has 2 rings (SSSR count). The van der Waals surface area contributed by atoms with Crippen LogP contribution in [0.25, 0.3) is 0 Å². The molecule has 1 fully saturated rings. The summed E-state index contributed by atoms with van der Waals surface area (Å²) < 4.78 is 4.95. The maximum atomic E-state index is 11.6. The van der Waals surface area contributed by atoms with Crippen molar-refractivity contribution < 1.29 is 9.53 Å². The molecule has 0 amide bonds. The first kappa shape index (κ1) is 14.8. The van der Waals surface area contributed by atoms with Gasteiger partial charge in [0.05, 0.1) is 12.2 Å². The van der Waals surface area contributed by atoms with E-state index in [1.807, 2.05) is 13.1 Å². The molecule has 0 aliphatic carbocycles. The number of rotatable bonds is 4. The lowest BCUT2D eigenvalue weighted by Gasteiger charge is -2.39. The summed E-state index contributed by atoms with van der Waals surface area (Å²) in [7, 11) is 2.02. The van der Waals surface area contributed by atoms with E-state index in [4.69, 9.17) is 4.74 Å². The highest BCUT2D eigenvalue weighted by Crippen LogP contribution is 2.24. The summed E-state index contributed by atoms with van der Waals surface area (Å²) in [6.07, 6.45) is 3.77. The molecule has 0 spiro atoms. The molecule has 20 heavy (non-hydrogen) atoms. The Kier molecular flexibility index (Phi) is 4.60. The van der Waals surface area contributed by atoms with Crippen LogP contribution in [0.5, 0.6) is 0 Å². The molecule has 0 bridgehead atoms. The minimum Gasteiger partial charge on any atom is -0.462 e. The van der Waals surface area contributed by atoms with Crippen molar-refractivity contribution in [1.82, 2.24) is 10.3 Å². The van der Waals surface area contributed by atoms with Crippen molar-refractivity contribution in [2.45, 2.75) is 32.2 Å². The molecule has 110 valence electrons. The topological polar surface area (TPSA) is 54.5 Å². The summed E-state index contributed by atoms with van der Waals surface area (Å²) in [5.41, 5.74) is 0.731. The maximum Gasteiger partial charge on any atom is 0.339 e. The number of hydrogen-bond acceptors (Lipinski definition) is 5. The first-order valence-electron chi connectivity index (χ1n) is 7.15. The van der Waals surface area contributed by atoms with Gasteiger partial charge in [-0.05, 0) is 45.9 Å². The van der Waals surface area contributed by atoms with Crippen molar-refractivity contribution in [3.05, 3.63) is 23.9 Å². The summed E-state index contributed by atoms with van der Waals surface area (Å²) in [6.45, 7) is 6.38. The maximum absolute atomic E-state index is 11.6. The number of anilines is 1. The molecule has 5 nitrogen and oxygen atoms in total. The second kappa shape index (κ2) is 6.22. The van der Waals surface area contributed by atoms with E-state index in [-0.39, 0.29) is 11.5 Å². The fourth-order valence-corrected chi connectivity index (χ4v) is 2.39. The molecule has 1 aromatic heterocycles. The predicted molar refractivity (Wildman–Crippen MR) is 79.1 cm³/mol. The van der Waals surface area contributed by atoms with Crippen LogP contribution >= 0.6 is 0 Å². The molecule has 2 heterocycles. The number of piperidine rings is 1. The predicted octanol–water partition coefficient (Wildman–Crippen LogP) is 1.84. The number of pyridine rings is 1. The van der Waals surface area contributed by atoms with Gasteiger partial charge in [-0.25, -0.2) is 9.78 Å². The van der Waals surface area contributed by atoms with Gasteiger partial charge in [0.2, 0.25) is 0 Å². The summed E-state index contributed by atoms with van der Waals surface area (Å²) in [4.78, 5) is 18.2. The van der Waals surface area contributed by atoms with Gasteiger partial charge < -0.3 is 15.0 Å². The molecule has 5 heteroatoms. The molecule has 1 aliphatic heterocycles. The number of nitrogens with zero attached hydrogens (tertiary/aromatic N) is 2. The highest BCUT2D eigenvalue weighted by atomic mass is 16.5. The van der Waals surface area contributed by atoms with Crippen LogP contribution in [0.2, 0.25) is 0 Å². The monoisotopic (exact) mass is 277 g/mol. The van der Waals surface area contributed by atoms with Gasteiger partial charge in [-0.15, -0.1) is 0 Å². The smallest absolute Gasteiger partial charge is 0.339 e. The van der Waals surface area contributed by atoms with E-state index in [1.165, 1.54) is 0 Å². The molecule has 1 aromatic rings. The van der Waals surface area contributed by atoms with Gasteiger partial charge in [-0.3, -0.25) is 0 Å². The highest BCUT2D eigenvalue weighted by molar-refractivity contribution is 5.89. The molecular weight excluding hydrogens is 254 g/mol. The number of aromatic nitrogens is 1. The van der Waals surface area contributed by atoms with E-state index in [2.05, 4.69) is 22.1 Å². The average Bonchev–Trinajstić information content (AvgIpc) is 2.48. The standard InChI is InChI=1S/C15H23N3O2/c1-4-20-14(19)12-5-6-13(17-11-12)18-9-7-15(2,16-3)8-10-18/h5-6,11,16H,4,7-10H2,1-3H3. The van der Waals surface area contributed by atoms with Gasteiger partial charge in [0, 0.05) is 24.8 Å². The van der Waals surface area contributed by atoms with Gasteiger partial charge in [-0.2, -0.15) is 0 Å². The highest BCUT2D eigenvalue weighted by Gasteiger charge is 2.28. The molecule has 1 saturated heterocycles. The Morgan fingerprint density at radius 2 is 2.15 bits per heavy atom. The Balaban J connectivity index is 1.99. The number of ether oxygens (including phenoxy) is 1. The summed E-state index contributed by atoms with van der Waals surface area (Å²) in [6, 6.07) is 3.68. The lowest BCUT2D eigenvalue weighted by atomic mass is 9.90. The lowest BCUT2D eigenvalue weighted by molar-refractivity contribution is 0.0526. The van der Waals surface area contributed by atoms with E-state index in [0.717, 1.165) is 31.7 Å². The zero-order valence-corrected chi connectivity index (χ0v) is 12.5. The van der Waals surface area contributed by atoms with Crippen LogP contribution in [-0.2, 0) is 4.74 Å².